The van der Waals surface area contributed by atoms with Crippen molar-refractivity contribution in [3.05, 3.63) is 65.7 Å². The van der Waals surface area contributed by atoms with Gasteiger partial charge in [0.05, 0.1) is 12.5 Å². The van der Waals surface area contributed by atoms with Crippen molar-refractivity contribution in [3.63, 3.8) is 0 Å². The smallest absolute Gasteiger partial charge is 0.226 e. The van der Waals surface area contributed by atoms with Gasteiger partial charge in [0.15, 0.2) is 0 Å². The first-order valence-electron chi connectivity index (χ1n) is 6.78. The van der Waals surface area contributed by atoms with Gasteiger partial charge in [-0.25, -0.2) is 0 Å². The first-order chi connectivity index (χ1) is 10.1. The number of rotatable bonds is 3. The fourth-order valence-electron chi connectivity index (χ4n) is 1.78. The fraction of sp³-hybridized carbons (Fsp3) is 0.167. The molecule has 2 aromatic rings. The van der Waals surface area contributed by atoms with E-state index in [9.17, 15) is 4.79 Å². The SMILES string of the molecule is C[C@@H](O)CC(=O)Nc1ccc(C#Cc2ccccc2)cc1. The number of nitrogens with one attached hydrogen (secondary N) is 1. The van der Waals surface area contributed by atoms with Gasteiger partial charge in [-0.1, -0.05) is 30.0 Å². The molecule has 3 heteroatoms. The average Bonchev–Trinajstić information content (AvgIpc) is 2.47. The van der Waals surface area contributed by atoms with E-state index in [-0.39, 0.29) is 12.3 Å². The molecule has 3 nitrogen and oxygen atoms in total. The lowest BCUT2D eigenvalue weighted by Gasteiger charge is -2.06. The minimum atomic E-state index is -0.638. The van der Waals surface area contributed by atoms with Crippen LogP contribution in [0.3, 0.4) is 0 Å². The zero-order valence-electron chi connectivity index (χ0n) is 11.8. The summed E-state index contributed by atoms with van der Waals surface area (Å²) in [6.45, 7) is 1.59. The van der Waals surface area contributed by atoms with Crippen molar-refractivity contribution in [2.24, 2.45) is 0 Å². The van der Waals surface area contributed by atoms with Gasteiger partial charge in [0.25, 0.3) is 0 Å². The third-order valence-corrected chi connectivity index (χ3v) is 2.77. The first kappa shape index (κ1) is 14.8. The Morgan fingerprint density at radius 2 is 1.62 bits per heavy atom. The van der Waals surface area contributed by atoms with E-state index in [2.05, 4.69) is 17.2 Å². The maximum absolute atomic E-state index is 11.5. The molecule has 0 aliphatic rings. The summed E-state index contributed by atoms with van der Waals surface area (Å²) in [6, 6.07) is 17.1. The Hall–Kier alpha value is -2.57. The lowest BCUT2D eigenvalue weighted by Crippen LogP contribution is -2.17. The van der Waals surface area contributed by atoms with Crippen molar-refractivity contribution in [1.82, 2.24) is 0 Å². The number of amides is 1. The lowest BCUT2D eigenvalue weighted by molar-refractivity contribution is -0.117. The molecule has 2 aromatic carbocycles. The third-order valence-electron chi connectivity index (χ3n) is 2.77. The van der Waals surface area contributed by atoms with Gasteiger partial charge >= 0.3 is 0 Å². The Morgan fingerprint density at radius 1 is 1.05 bits per heavy atom. The van der Waals surface area contributed by atoms with Crippen molar-refractivity contribution < 1.29 is 9.90 Å². The topological polar surface area (TPSA) is 49.3 Å². The van der Waals surface area contributed by atoms with E-state index < -0.39 is 6.10 Å². The molecule has 0 aliphatic carbocycles. The summed E-state index contributed by atoms with van der Waals surface area (Å²) in [5, 5.41) is 11.9. The van der Waals surface area contributed by atoms with E-state index in [1.807, 2.05) is 42.5 Å². The molecule has 0 spiro atoms. The van der Waals surface area contributed by atoms with Crippen LogP contribution in [0.15, 0.2) is 54.6 Å². The number of carbonyl (C=O) groups excluding carboxylic acids is 1. The van der Waals surface area contributed by atoms with E-state index in [4.69, 9.17) is 5.11 Å². The normalized spacial score (nSPS) is 11.1. The van der Waals surface area contributed by atoms with Crippen LogP contribution in [-0.4, -0.2) is 17.1 Å². The monoisotopic (exact) mass is 279 g/mol. The molecule has 0 saturated heterocycles. The van der Waals surface area contributed by atoms with Crippen LogP contribution in [0.1, 0.15) is 24.5 Å². The first-order valence-corrected chi connectivity index (χ1v) is 6.78. The second kappa shape index (κ2) is 7.28. The molecule has 0 unspecified atom stereocenters. The predicted molar refractivity (Wildman–Crippen MR) is 83.8 cm³/mol. The van der Waals surface area contributed by atoms with Crippen LogP contribution in [-0.2, 0) is 4.79 Å². The highest BCUT2D eigenvalue weighted by Crippen LogP contribution is 2.10. The highest BCUT2D eigenvalue weighted by Gasteiger charge is 2.05. The van der Waals surface area contributed by atoms with Gasteiger partial charge in [0.1, 0.15) is 0 Å². The van der Waals surface area contributed by atoms with Crippen molar-refractivity contribution in [1.29, 1.82) is 0 Å². The number of aliphatic hydroxyl groups excluding tert-OH is 1. The predicted octanol–water partition coefficient (Wildman–Crippen LogP) is 2.80. The fourth-order valence-corrected chi connectivity index (χ4v) is 1.78. The molecule has 0 fully saturated rings. The minimum Gasteiger partial charge on any atom is -0.393 e. The molecular weight excluding hydrogens is 262 g/mol. The van der Waals surface area contributed by atoms with Gasteiger partial charge in [-0.15, -0.1) is 0 Å². The maximum atomic E-state index is 11.5. The van der Waals surface area contributed by atoms with E-state index >= 15 is 0 Å². The van der Waals surface area contributed by atoms with Crippen LogP contribution in [0.5, 0.6) is 0 Å². The van der Waals surface area contributed by atoms with Gasteiger partial charge in [0.2, 0.25) is 5.91 Å². The molecule has 0 heterocycles. The average molecular weight is 279 g/mol. The summed E-state index contributed by atoms with van der Waals surface area (Å²) in [5.74, 6) is 5.95. The Morgan fingerprint density at radius 3 is 2.19 bits per heavy atom. The van der Waals surface area contributed by atoms with Crippen molar-refractivity contribution in [2.45, 2.75) is 19.4 Å². The Kier molecular flexibility index (Phi) is 5.14. The van der Waals surface area contributed by atoms with E-state index in [0.717, 1.165) is 11.1 Å². The van der Waals surface area contributed by atoms with Gasteiger partial charge in [-0.2, -0.15) is 0 Å². The molecule has 0 aromatic heterocycles. The number of benzene rings is 2. The standard InChI is InChI=1S/C18H17NO2/c1-14(20)13-18(21)19-17-11-9-16(10-12-17)8-7-15-5-3-2-4-6-15/h2-6,9-12,14,20H,13H2,1H3,(H,19,21)/t14-/m1/s1. The van der Waals surface area contributed by atoms with Crippen LogP contribution in [0, 0.1) is 11.8 Å². The van der Waals surface area contributed by atoms with Gasteiger partial charge < -0.3 is 10.4 Å². The maximum Gasteiger partial charge on any atom is 0.226 e. The summed E-state index contributed by atoms with van der Waals surface area (Å²) in [5.41, 5.74) is 2.55. The molecule has 0 radical (unpaired) electrons. The Balaban J connectivity index is 2.00. The summed E-state index contributed by atoms with van der Waals surface area (Å²) >= 11 is 0. The molecule has 1 atom stereocenters. The molecule has 2 rings (SSSR count). The van der Waals surface area contributed by atoms with Gasteiger partial charge in [0, 0.05) is 16.8 Å². The van der Waals surface area contributed by atoms with Gasteiger partial charge in [-0.05, 0) is 43.3 Å². The van der Waals surface area contributed by atoms with Crippen molar-refractivity contribution in [3.8, 4) is 11.8 Å². The zero-order chi connectivity index (χ0) is 15.1. The third kappa shape index (κ3) is 5.13. The molecule has 0 aliphatic heterocycles. The van der Waals surface area contributed by atoms with Crippen LogP contribution in [0.25, 0.3) is 0 Å². The quantitative estimate of drug-likeness (QED) is 0.849. The summed E-state index contributed by atoms with van der Waals surface area (Å²) in [7, 11) is 0. The summed E-state index contributed by atoms with van der Waals surface area (Å²) < 4.78 is 0. The van der Waals surface area contributed by atoms with Gasteiger partial charge in [-0.3, -0.25) is 4.79 Å². The van der Waals surface area contributed by atoms with E-state index in [1.165, 1.54) is 0 Å². The molecule has 0 saturated carbocycles. The van der Waals surface area contributed by atoms with Crippen molar-refractivity contribution >= 4 is 11.6 Å². The number of anilines is 1. The highest BCUT2D eigenvalue weighted by atomic mass is 16.3. The molecule has 0 bridgehead atoms. The number of carbonyl (C=O) groups is 1. The van der Waals surface area contributed by atoms with Crippen molar-refractivity contribution in [2.75, 3.05) is 5.32 Å². The lowest BCUT2D eigenvalue weighted by atomic mass is 10.1. The zero-order valence-corrected chi connectivity index (χ0v) is 11.8. The molecule has 1 amide bonds. The van der Waals surface area contributed by atoms with E-state index in [1.54, 1.807) is 19.1 Å². The Bertz CT molecular complexity index is 649. The molecule has 2 N–H and O–H groups in total. The summed E-state index contributed by atoms with van der Waals surface area (Å²) in [6.07, 6.45) is -0.545. The second-order valence-corrected chi connectivity index (χ2v) is 4.79. The minimum absolute atomic E-state index is 0.0928. The summed E-state index contributed by atoms with van der Waals surface area (Å²) in [4.78, 5) is 11.5. The number of hydrogen-bond donors (Lipinski definition) is 2. The number of hydrogen-bond acceptors (Lipinski definition) is 2. The molecular formula is C18H17NO2. The van der Waals surface area contributed by atoms with Crippen LogP contribution >= 0.6 is 0 Å². The van der Waals surface area contributed by atoms with Crippen LogP contribution in [0.2, 0.25) is 0 Å². The largest absolute Gasteiger partial charge is 0.393 e. The Labute approximate surface area is 124 Å². The highest BCUT2D eigenvalue weighted by molar-refractivity contribution is 5.91. The molecule has 21 heavy (non-hydrogen) atoms. The second-order valence-electron chi connectivity index (χ2n) is 4.79. The van der Waals surface area contributed by atoms with Crippen LogP contribution < -0.4 is 5.32 Å². The number of aliphatic hydroxyl groups is 1. The molecule has 106 valence electrons. The van der Waals surface area contributed by atoms with Crippen LogP contribution in [0.4, 0.5) is 5.69 Å². The van der Waals surface area contributed by atoms with E-state index in [0.29, 0.717) is 5.69 Å².